The van der Waals surface area contributed by atoms with Crippen LogP contribution in [0.2, 0.25) is 0 Å². The highest BCUT2D eigenvalue weighted by molar-refractivity contribution is 7.91. The Labute approximate surface area is 160 Å². The molecule has 7 nitrogen and oxygen atoms in total. The number of benzene rings is 1. The number of rotatable bonds is 6. The van der Waals surface area contributed by atoms with Crippen LogP contribution in [0.5, 0.6) is 11.5 Å². The van der Waals surface area contributed by atoms with Crippen molar-refractivity contribution in [2.75, 3.05) is 46.2 Å². The summed E-state index contributed by atoms with van der Waals surface area (Å²) >= 11 is 0. The Morgan fingerprint density at radius 1 is 1.11 bits per heavy atom. The van der Waals surface area contributed by atoms with Gasteiger partial charge in [0.05, 0.1) is 24.9 Å². The number of fused-ring (bicyclic) bond motifs is 1. The van der Waals surface area contributed by atoms with E-state index in [2.05, 4.69) is 5.32 Å². The van der Waals surface area contributed by atoms with E-state index in [-0.39, 0.29) is 23.0 Å². The van der Waals surface area contributed by atoms with E-state index in [1.165, 1.54) is 26.4 Å². The van der Waals surface area contributed by atoms with Gasteiger partial charge in [-0.25, -0.2) is 8.42 Å². The Morgan fingerprint density at radius 3 is 2.33 bits per heavy atom. The minimum absolute atomic E-state index is 0.00423. The van der Waals surface area contributed by atoms with Crippen molar-refractivity contribution >= 4 is 15.7 Å². The molecule has 0 aromatic heterocycles. The highest BCUT2D eigenvalue weighted by atomic mass is 32.2. The summed E-state index contributed by atoms with van der Waals surface area (Å²) in [6.45, 7) is 3.50. The molecule has 1 N–H and O–H groups in total. The Kier molecular flexibility index (Phi) is 6.26. The van der Waals surface area contributed by atoms with Crippen LogP contribution in [0, 0.1) is 11.8 Å². The molecular weight excluding hydrogens is 368 g/mol. The fourth-order valence-corrected chi connectivity index (χ4v) is 5.22. The molecule has 0 spiro atoms. The van der Waals surface area contributed by atoms with Gasteiger partial charge in [0.2, 0.25) is 5.91 Å². The maximum absolute atomic E-state index is 12.6. The topological polar surface area (TPSA) is 84.9 Å². The van der Waals surface area contributed by atoms with Crippen molar-refractivity contribution in [3.63, 3.8) is 0 Å². The van der Waals surface area contributed by atoms with E-state index in [9.17, 15) is 13.2 Å². The zero-order valence-electron chi connectivity index (χ0n) is 15.9. The molecule has 2 aliphatic heterocycles. The van der Waals surface area contributed by atoms with Crippen molar-refractivity contribution in [1.29, 1.82) is 0 Å². The number of amides is 1. The van der Waals surface area contributed by atoms with E-state index in [1.807, 2.05) is 4.90 Å². The Bertz CT molecular complexity index is 766. The smallest absolute Gasteiger partial charge is 0.223 e. The van der Waals surface area contributed by atoms with Gasteiger partial charge in [0.25, 0.3) is 0 Å². The minimum atomic E-state index is -3.57. The number of methoxy groups -OCH3 is 2. The van der Waals surface area contributed by atoms with Crippen molar-refractivity contribution in [3.8, 4) is 11.5 Å². The number of hydrogen-bond donors (Lipinski definition) is 1. The molecule has 2 fully saturated rings. The molecule has 2 aliphatic rings. The predicted octanol–water partition coefficient (Wildman–Crippen LogP) is 1.33. The summed E-state index contributed by atoms with van der Waals surface area (Å²) in [5.41, 5.74) is 0. The standard InChI is InChI=1S/C19H28N2O5S/c1-25-17-4-3-16(11-18(17)26-2)27(23,24)10-7-19(22)21-8-5-14-12-20-13-15(14)6-9-21/h3-4,11,14-15,20H,5-10,12-13H2,1-2H3/t14-,15+. The van der Waals surface area contributed by atoms with Crippen LogP contribution in [0.25, 0.3) is 0 Å². The van der Waals surface area contributed by atoms with Gasteiger partial charge in [-0.2, -0.15) is 0 Å². The average Bonchev–Trinajstić information content (AvgIpc) is 3.03. The summed E-state index contributed by atoms with van der Waals surface area (Å²) in [4.78, 5) is 14.6. The number of hydrogen-bond acceptors (Lipinski definition) is 6. The molecule has 0 radical (unpaired) electrons. The van der Waals surface area contributed by atoms with Crippen LogP contribution in [-0.2, 0) is 14.6 Å². The lowest BCUT2D eigenvalue weighted by atomic mass is 9.92. The molecule has 1 aromatic carbocycles. The lowest BCUT2D eigenvalue weighted by Crippen LogP contribution is -2.33. The van der Waals surface area contributed by atoms with Crippen molar-refractivity contribution in [3.05, 3.63) is 18.2 Å². The Morgan fingerprint density at radius 2 is 1.74 bits per heavy atom. The van der Waals surface area contributed by atoms with Crippen molar-refractivity contribution in [2.45, 2.75) is 24.2 Å². The first kappa shape index (κ1) is 19.9. The van der Waals surface area contributed by atoms with Crippen LogP contribution >= 0.6 is 0 Å². The zero-order chi connectivity index (χ0) is 19.4. The summed E-state index contributed by atoms with van der Waals surface area (Å²) in [6, 6.07) is 4.50. The Balaban J connectivity index is 1.60. The summed E-state index contributed by atoms with van der Waals surface area (Å²) < 4.78 is 35.6. The number of likely N-dealkylation sites (tertiary alicyclic amines) is 1. The van der Waals surface area contributed by atoms with E-state index in [1.54, 1.807) is 6.07 Å². The molecule has 0 unspecified atom stereocenters. The number of nitrogens with zero attached hydrogens (tertiary/aromatic N) is 1. The fourth-order valence-electron chi connectivity index (χ4n) is 3.98. The quantitative estimate of drug-likeness (QED) is 0.781. The molecule has 0 aliphatic carbocycles. The summed E-state index contributed by atoms with van der Waals surface area (Å²) in [7, 11) is -0.612. The molecule has 2 heterocycles. The van der Waals surface area contributed by atoms with Gasteiger partial charge in [-0.15, -0.1) is 0 Å². The lowest BCUT2D eigenvalue weighted by molar-refractivity contribution is -0.130. The first-order chi connectivity index (χ1) is 12.9. The minimum Gasteiger partial charge on any atom is -0.493 e. The van der Waals surface area contributed by atoms with Gasteiger partial charge in [0.15, 0.2) is 21.3 Å². The normalized spacial score (nSPS) is 22.8. The van der Waals surface area contributed by atoms with Gasteiger partial charge in [0.1, 0.15) is 0 Å². The van der Waals surface area contributed by atoms with Crippen molar-refractivity contribution in [2.24, 2.45) is 11.8 Å². The van der Waals surface area contributed by atoms with E-state index < -0.39 is 9.84 Å². The van der Waals surface area contributed by atoms with Gasteiger partial charge < -0.3 is 19.7 Å². The molecule has 27 heavy (non-hydrogen) atoms. The summed E-state index contributed by atoms with van der Waals surface area (Å²) in [5, 5.41) is 3.41. The summed E-state index contributed by atoms with van der Waals surface area (Å²) in [6.07, 6.45) is 1.99. The molecule has 0 bridgehead atoms. The van der Waals surface area contributed by atoms with E-state index in [0.29, 0.717) is 23.3 Å². The Hall–Kier alpha value is -1.80. The first-order valence-corrected chi connectivity index (χ1v) is 11.0. The second-order valence-electron chi connectivity index (χ2n) is 7.22. The SMILES string of the molecule is COc1ccc(S(=O)(=O)CCC(=O)N2CC[C@@H]3CNC[C@@H]3CC2)cc1OC. The van der Waals surface area contributed by atoms with Gasteiger partial charge in [-0.05, 0) is 49.9 Å². The van der Waals surface area contributed by atoms with Crippen LogP contribution in [0.1, 0.15) is 19.3 Å². The van der Waals surface area contributed by atoms with Crippen LogP contribution in [0.3, 0.4) is 0 Å². The highest BCUT2D eigenvalue weighted by Gasteiger charge is 2.31. The maximum Gasteiger partial charge on any atom is 0.223 e. The van der Waals surface area contributed by atoms with E-state index in [4.69, 9.17) is 9.47 Å². The third-order valence-corrected chi connectivity index (χ3v) is 7.38. The molecule has 1 amide bonds. The number of carbonyl (C=O) groups excluding carboxylic acids is 1. The average molecular weight is 397 g/mol. The molecule has 2 atom stereocenters. The largest absolute Gasteiger partial charge is 0.493 e. The van der Waals surface area contributed by atoms with Crippen LogP contribution in [0.15, 0.2) is 23.1 Å². The van der Waals surface area contributed by atoms with E-state index in [0.717, 1.165) is 39.0 Å². The third-order valence-electron chi connectivity index (χ3n) is 5.67. The van der Waals surface area contributed by atoms with Crippen molar-refractivity contribution < 1.29 is 22.7 Å². The van der Waals surface area contributed by atoms with Gasteiger partial charge in [-0.3, -0.25) is 4.79 Å². The molecule has 1 aromatic rings. The second kappa shape index (κ2) is 8.48. The van der Waals surface area contributed by atoms with Gasteiger partial charge in [0, 0.05) is 25.6 Å². The number of carbonyl (C=O) groups is 1. The second-order valence-corrected chi connectivity index (χ2v) is 9.33. The van der Waals surface area contributed by atoms with Crippen LogP contribution in [0.4, 0.5) is 0 Å². The summed E-state index contributed by atoms with van der Waals surface area (Å²) in [5.74, 6) is 1.82. The zero-order valence-corrected chi connectivity index (χ0v) is 16.8. The molecular formula is C19H28N2O5S. The molecule has 3 rings (SSSR count). The van der Waals surface area contributed by atoms with Gasteiger partial charge in [-0.1, -0.05) is 0 Å². The van der Waals surface area contributed by atoms with Crippen molar-refractivity contribution in [1.82, 2.24) is 10.2 Å². The monoisotopic (exact) mass is 396 g/mol. The molecule has 150 valence electrons. The maximum atomic E-state index is 12.6. The predicted molar refractivity (Wildman–Crippen MR) is 102 cm³/mol. The van der Waals surface area contributed by atoms with Gasteiger partial charge >= 0.3 is 0 Å². The molecule has 0 saturated carbocycles. The third kappa shape index (κ3) is 4.55. The first-order valence-electron chi connectivity index (χ1n) is 9.38. The number of sulfone groups is 1. The number of ether oxygens (including phenoxy) is 2. The molecule has 2 saturated heterocycles. The van der Waals surface area contributed by atoms with E-state index >= 15 is 0 Å². The van der Waals surface area contributed by atoms with Crippen LogP contribution < -0.4 is 14.8 Å². The lowest BCUT2D eigenvalue weighted by Gasteiger charge is -2.21. The van der Waals surface area contributed by atoms with Crippen LogP contribution in [-0.4, -0.2) is 65.4 Å². The fraction of sp³-hybridized carbons (Fsp3) is 0.632. The number of nitrogens with one attached hydrogen (secondary N) is 1. The highest BCUT2D eigenvalue weighted by Crippen LogP contribution is 2.30. The molecule has 8 heteroatoms.